The zero-order valence-electron chi connectivity index (χ0n) is 10.8. The van der Waals surface area contributed by atoms with Crippen LogP contribution in [-0.2, 0) is 0 Å². The Morgan fingerprint density at radius 2 is 1.76 bits per heavy atom. The minimum atomic E-state index is -4.43. The first kappa shape index (κ1) is 13.7. The molecular formula is C16H10F3NO. The van der Waals surface area contributed by atoms with E-state index in [0.29, 0.717) is 5.56 Å². The van der Waals surface area contributed by atoms with Crippen LogP contribution in [0.4, 0.5) is 13.2 Å². The lowest BCUT2D eigenvalue weighted by Crippen LogP contribution is -2.34. The van der Waals surface area contributed by atoms with Gasteiger partial charge in [-0.3, -0.25) is 4.79 Å². The second-order valence-corrected chi connectivity index (χ2v) is 4.70. The van der Waals surface area contributed by atoms with E-state index in [2.05, 4.69) is 6.42 Å². The van der Waals surface area contributed by atoms with Crippen LogP contribution in [0.3, 0.4) is 0 Å². The lowest BCUT2D eigenvalue weighted by Gasteiger charge is -2.11. The molecule has 0 aromatic heterocycles. The molecule has 0 atom stereocenters. The standard InChI is InChI=1S/C16H10F3NO/c17-16(18,19)9-20-15(21)13-7-3-6-12-11-5-2-1-4-10(11)8-14(12)13/h1-7H,9H2,(H,20,21). The van der Waals surface area contributed by atoms with Gasteiger partial charge in [-0.05, 0) is 28.3 Å². The van der Waals surface area contributed by atoms with E-state index in [4.69, 9.17) is 0 Å². The molecule has 0 fully saturated rings. The first-order chi connectivity index (χ1) is 9.96. The number of carbonyl (C=O) groups excluding carboxylic acids is 1. The van der Waals surface area contributed by atoms with Crippen LogP contribution >= 0.6 is 0 Å². The summed E-state index contributed by atoms with van der Waals surface area (Å²) < 4.78 is 36.6. The number of fused-ring (bicyclic) bond motifs is 3. The van der Waals surface area contributed by atoms with Gasteiger partial charge in [-0.2, -0.15) is 13.2 Å². The normalized spacial score (nSPS) is 12.7. The van der Waals surface area contributed by atoms with Crippen molar-refractivity contribution in [2.75, 3.05) is 6.54 Å². The number of alkyl halides is 3. The highest BCUT2D eigenvalue weighted by Gasteiger charge is 2.29. The fraction of sp³-hybridized carbons (Fsp3) is 0.125. The van der Waals surface area contributed by atoms with Gasteiger partial charge in [0.05, 0.1) is 6.42 Å². The van der Waals surface area contributed by atoms with Gasteiger partial charge in [0.15, 0.2) is 0 Å². The average molecular weight is 289 g/mol. The highest BCUT2D eigenvalue weighted by Crippen LogP contribution is 2.39. The quantitative estimate of drug-likeness (QED) is 0.769. The van der Waals surface area contributed by atoms with Crippen molar-refractivity contribution in [1.29, 1.82) is 0 Å². The molecule has 0 bridgehead atoms. The Kier molecular flexibility index (Phi) is 3.20. The van der Waals surface area contributed by atoms with Crippen molar-refractivity contribution >= 4 is 5.91 Å². The summed E-state index contributed by atoms with van der Waals surface area (Å²) in [5.74, 6) is -0.746. The second-order valence-electron chi connectivity index (χ2n) is 4.70. The number of benzene rings is 2. The van der Waals surface area contributed by atoms with E-state index in [1.807, 2.05) is 35.6 Å². The van der Waals surface area contributed by atoms with Crippen LogP contribution in [0.15, 0.2) is 42.5 Å². The molecule has 2 aromatic rings. The number of nitrogens with one attached hydrogen (secondary N) is 1. The molecule has 106 valence electrons. The van der Waals surface area contributed by atoms with E-state index >= 15 is 0 Å². The molecule has 1 amide bonds. The zero-order valence-corrected chi connectivity index (χ0v) is 10.8. The van der Waals surface area contributed by atoms with E-state index in [1.165, 1.54) is 6.07 Å². The molecule has 0 unspecified atom stereocenters. The van der Waals surface area contributed by atoms with Crippen molar-refractivity contribution in [3.8, 4) is 11.1 Å². The van der Waals surface area contributed by atoms with Crippen LogP contribution in [0.1, 0.15) is 21.5 Å². The molecule has 1 aliphatic rings. The number of hydrogen-bond acceptors (Lipinski definition) is 1. The third-order valence-corrected chi connectivity index (χ3v) is 3.24. The van der Waals surface area contributed by atoms with E-state index in [9.17, 15) is 18.0 Å². The summed E-state index contributed by atoms with van der Waals surface area (Å²) in [4.78, 5) is 12.0. The van der Waals surface area contributed by atoms with Gasteiger partial charge in [-0.1, -0.05) is 36.4 Å². The molecule has 3 rings (SSSR count). The minimum absolute atomic E-state index is 0.202. The largest absolute Gasteiger partial charge is 0.405 e. The Morgan fingerprint density at radius 1 is 1.05 bits per heavy atom. The first-order valence-electron chi connectivity index (χ1n) is 6.30. The maximum atomic E-state index is 12.2. The smallest absolute Gasteiger partial charge is 0.343 e. The Morgan fingerprint density at radius 3 is 2.52 bits per heavy atom. The summed E-state index contributed by atoms with van der Waals surface area (Å²) in [5, 5.41) is 1.89. The van der Waals surface area contributed by atoms with Crippen molar-refractivity contribution in [3.05, 3.63) is 65.6 Å². The van der Waals surface area contributed by atoms with Crippen molar-refractivity contribution in [2.24, 2.45) is 0 Å². The number of carbonyl (C=O) groups is 1. The fourth-order valence-corrected chi connectivity index (χ4v) is 2.34. The molecule has 0 heterocycles. The first-order valence-corrected chi connectivity index (χ1v) is 6.30. The lowest BCUT2D eigenvalue weighted by atomic mass is 10.0. The number of halogens is 3. The molecule has 2 nitrogen and oxygen atoms in total. The molecular weight excluding hydrogens is 279 g/mol. The monoisotopic (exact) mass is 289 g/mol. The van der Waals surface area contributed by atoms with Crippen LogP contribution in [0, 0.1) is 6.42 Å². The maximum Gasteiger partial charge on any atom is 0.405 e. The summed E-state index contributed by atoms with van der Waals surface area (Å²) >= 11 is 0. The Balaban J connectivity index is 1.92. The molecule has 0 saturated heterocycles. The van der Waals surface area contributed by atoms with Crippen LogP contribution in [0.5, 0.6) is 0 Å². The SMILES string of the molecule is O=C(NCC(F)(F)F)c1cccc2c1[C]c1ccccc1-2. The van der Waals surface area contributed by atoms with Gasteiger partial charge in [0.1, 0.15) is 6.54 Å². The van der Waals surface area contributed by atoms with E-state index in [1.54, 1.807) is 6.07 Å². The highest BCUT2D eigenvalue weighted by atomic mass is 19.4. The summed E-state index contributed by atoms with van der Waals surface area (Å²) in [6, 6.07) is 12.5. The summed E-state index contributed by atoms with van der Waals surface area (Å²) in [6.07, 6.45) is -1.34. The van der Waals surface area contributed by atoms with E-state index < -0.39 is 18.6 Å². The van der Waals surface area contributed by atoms with Crippen LogP contribution < -0.4 is 5.32 Å². The predicted octanol–water partition coefficient (Wildman–Crippen LogP) is 3.44. The van der Waals surface area contributed by atoms with Crippen molar-refractivity contribution in [2.45, 2.75) is 6.18 Å². The Labute approximate surface area is 119 Å². The third-order valence-electron chi connectivity index (χ3n) is 3.24. The zero-order chi connectivity index (χ0) is 15.0. The van der Waals surface area contributed by atoms with Gasteiger partial charge in [0, 0.05) is 5.56 Å². The van der Waals surface area contributed by atoms with Crippen molar-refractivity contribution in [1.82, 2.24) is 5.32 Å². The van der Waals surface area contributed by atoms with Gasteiger partial charge < -0.3 is 5.32 Å². The topological polar surface area (TPSA) is 29.1 Å². The lowest BCUT2D eigenvalue weighted by molar-refractivity contribution is -0.123. The minimum Gasteiger partial charge on any atom is -0.343 e. The van der Waals surface area contributed by atoms with Gasteiger partial charge in [0.2, 0.25) is 0 Å². The molecule has 2 radical (unpaired) electrons. The van der Waals surface area contributed by atoms with Crippen LogP contribution in [0.2, 0.25) is 0 Å². The van der Waals surface area contributed by atoms with Crippen molar-refractivity contribution in [3.63, 3.8) is 0 Å². The summed E-state index contributed by atoms with van der Waals surface area (Å²) in [7, 11) is 0. The number of rotatable bonds is 2. The van der Waals surface area contributed by atoms with Gasteiger partial charge in [0.25, 0.3) is 5.91 Å². The second kappa shape index (κ2) is 4.91. The van der Waals surface area contributed by atoms with Gasteiger partial charge >= 0.3 is 6.18 Å². The fourth-order valence-electron chi connectivity index (χ4n) is 2.34. The maximum absolute atomic E-state index is 12.2. The van der Waals surface area contributed by atoms with E-state index in [0.717, 1.165) is 16.7 Å². The van der Waals surface area contributed by atoms with E-state index in [-0.39, 0.29) is 5.56 Å². The third kappa shape index (κ3) is 2.63. The predicted molar refractivity (Wildman–Crippen MR) is 71.7 cm³/mol. The average Bonchev–Trinajstić information content (AvgIpc) is 2.82. The van der Waals surface area contributed by atoms with Gasteiger partial charge in [-0.25, -0.2) is 0 Å². The molecule has 1 N–H and O–H groups in total. The molecule has 5 heteroatoms. The molecule has 0 spiro atoms. The number of hydrogen-bond donors (Lipinski definition) is 1. The molecule has 0 saturated carbocycles. The molecule has 21 heavy (non-hydrogen) atoms. The Hall–Kier alpha value is -2.30. The molecule has 0 aliphatic heterocycles. The summed E-state index contributed by atoms with van der Waals surface area (Å²) in [6.45, 7) is -1.34. The van der Waals surface area contributed by atoms with Crippen LogP contribution in [-0.4, -0.2) is 18.6 Å². The molecule has 1 aliphatic carbocycles. The van der Waals surface area contributed by atoms with Crippen LogP contribution in [0.25, 0.3) is 11.1 Å². The Bertz CT molecular complexity index is 707. The highest BCUT2D eigenvalue weighted by molar-refractivity contribution is 6.00. The van der Waals surface area contributed by atoms with Crippen molar-refractivity contribution < 1.29 is 18.0 Å². The molecule has 2 aromatic carbocycles. The van der Waals surface area contributed by atoms with Gasteiger partial charge in [-0.15, -0.1) is 0 Å². The number of amides is 1. The summed E-state index contributed by atoms with van der Waals surface area (Å²) in [5.41, 5.74) is 3.32.